The minimum absolute atomic E-state index is 0.0208. The molecule has 1 amide bonds. The molecule has 2 fully saturated rings. The molecular formula is C10H14N6O6S3. The van der Waals surface area contributed by atoms with E-state index >= 15 is 0 Å². The molecule has 0 aromatic carbocycles. The lowest BCUT2D eigenvalue weighted by molar-refractivity contribution is -0.155. The fourth-order valence-corrected chi connectivity index (χ4v) is 5.77. The topological polar surface area (TPSA) is 182 Å². The van der Waals surface area contributed by atoms with E-state index in [1.807, 2.05) is 0 Å². The van der Waals surface area contributed by atoms with Crippen molar-refractivity contribution in [1.82, 2.24) is 25.1 Å². The molecule has 2 unspecified atom stereocenters. The second-order valence-corrected chi connectivity index (χ2v) is 9.35. The van der Waals surface area contributed by atoms with E-state index in [1.165, 1.54) is 16.7 Å². The van der Waals surface area contributed by atoms with Crippen LogP contribution in [0.4, 0.5) is 0 Å². The second kappa shape index (κ2) is 6.39. The van der Waals surface area contributed by atoms with Crippen LogP contribution in [0.5, 0.6) is 0 Å². The molecule has 3 rings (SSSR count). The summed E-state index contributed by atoms with van der Waals surface area (Å²) in [6.07, 6.45) is 0.341. The lowest BCUT2D eigenvalue weighted by Gasteiger charge is -2.52. The van der Waals surface area contributed by atoms with E-state index in [0.717, 1.165) is 16.4 Å². The summed E-state index contributed by atoms with van der Waals surface area (Å²) in [5.74, 6) is -2.21. The number of aliphatic carboxylic acids is 1. The second-order valence-electron chi connectivity index (χ2n) is 5.66. The SMILES string of the molecule is NC1S[C@@H]2CC(=O)N2CC1(CSc1nnnn1CS(=O)(=O)O)C(=O)O. The van der Waals surface area contributed by atoms with Crippen LogP contribution < -0.4 is 5.73 Å². The molecule has 4 N–H and O–H groups in total. The van der Waals surface area contributed by atoms with Crippen molar-refractivity contribution in [3.05, 3.63) is 0 Å². The number of carbonyl (C=O) groups is 2. The van der Waals surface area contributed by atoms with E-state index in [0.29, 0.717) is 6.42 Å². The van der Waals surface area contributed by atoms with Crippen LogP contribution in [0.3, 0.4) is 0 Å². The number of aromatic nitrogens is 4. The summed E-state index contributed by atoms with van der Waals surface area (Å²) >= 11 is 2.12. The number of tetrazole rings is 1. The summed E-state index contributed by atoms with van der Waals surface area (Å²) in [6.45, 7) is -0.0349. The van der Waals surface area contributed by atoms with Crippen molar-refractivity contribution in [3.8, 4) is 0 Å². The highest BCUT2D eigenvalue weighted by Gasteiger charge is 2.56. The summed E-state index contributed by atoms with van der Waals surface area (Å²) in [7, 11) is -4.36. The van der Waals surface area contributed by atoms with Crippen molar-refractivity contribution in [2.45, 2.75) is 28.2 Å². The number of hydrogen-bond acceptors (Lipinski definition) is 10. The fraction of sp³-hybridized carbons (Fsp3) is 0.700. The first-order chi connectivity index (χ1) is 11.6. The Balaban J connectivity index is 1.78. The smallest absolute Gasteiger partial charge is 0.314 e. The minimum atomic E-state index is -4.36. The van der Waals surface area contributed by atoms with Gasteiger partial charge < -0.3 is 15.7 Å². The van der Waals surface area contributed by atoms with Crippen molar-refractivity contribution in [2.75, 3.05) is 12.3 Å². The third-order valence-electron chi connectivity index (χ3n) is 3.99. The van der Waals surface area contributed by atoms with E-state index in [9.17, 15) is 23.1 Å². The van der Waals surface area contributed by atoms with Crippen LogP contribution in [0.2, 0.25) is 0 Å². The molecule has 0 bridgehead atoms. The average molecular weight is 410 g/mol. The first-order valence-electron chi connectivity index (χ1n) is 6.90. The molecule has 15 heteroatoms. The molecule has 0 aliphatic carbocycles. The summed E-state index contributed by atoms with van der Waals surface area (Å²) < 4.78 is 31.7. The van der Waals surface area contributed by atoms with E-state index in [4.69, 9.17) is 10.3 Å². The van der Waals surface area contributed by atoms with Gasteiger partial charge in [-0.3, -0.25) is 14.1 Å². The molecule has 25 heavy (non-hydrogen) atoms. The zero-order valence-electron chi connectivity index (χ0n) is 12.5. The molecule has 1 aromatic rings. The lowest BCUT2D eigenvalue weighted by atomic mass is 9.87. The number of nitrogens with two attached hydrogens (primary N) is 1. The van der Waals surface area contributed by atoms with E-state index in [-0.39, 0.29) is 28.7 Å². The van der Waals surface area contributed by atoms with Gasteiger partial charge in [0.1, 0.15) is 5.41 Å². The Morgan fingerprint density at radius 3 is 2.84 bits per heavy atom. The van der Waals surface area contributed by atoms with Gasteiger partial charge in [0.05, 0.1) is 17.2 Å². The molecule has 138 valence electrons. The number of rotatable bonds is 6. The Kier molecular flexibility index (Phi) is 4.69. The quantitative estimate of drug-likeness (QED) is 0.274. The molecule has 0 saturated carbocycles. The molecule has 3 atom stereocenters. The molecule has 2 aliphatic rings. The molecule has 2 saturated heterocycles. The maximum atomic E-state index is 11.9. The molecule has 0 radical (unpaired) electrons. The van der Waals surface area contributed by atoms with Crippen molar-refractivity contribution in [1.29, 1.82) is 0 Å². The Labute approximate surface area is 150 Å². The van der Waals surface area contributed by atoms with Crippen molar-refractivity contribution >= 4 is 45.5 Å². The Hall–Kier alpha value is -1.42. The van der Waals surface area contributed by atoms with Gasteiger partial charge in [0.15, 0.2) is 5.88 Å². The van der Waals surface area contributed by atoms with Crippen LogP contribution in [0.1, 0.15) is 6.42 Å². The van der Waals surface area contributed by atoms with Gasteiger partial charge in [-0.2, -0.15) is 8.42 Å². The summed E-state index contributed by atoms with van der Waals surface area (Å²) in [5, 5.41) is 19.3. The first-order valence-corrected chi connectivity index (χ1v) is 10.4. The van der Waals surface area contributed by atoms with Gasteiger partial charge in [-0.15, -0.1) is 16.9 Å². The highest BCUT2D eigenvalue weighted by atomic mass is 32.2. The van der Waals surface area contributed by atoms with E-state index in [2.05, 4.69) is 15.5 Å². The number of carboxylic acids is 1. The lowest BCUT2D eigenvalue weighted by Crippen LogP contribution is -2.66. The van der Waals surface area contributed by atoms with Gasteiger partial charge in [-0.05, 0) is 10.4 Å². The van der Waals surface area contributed by atoms with Gasteiger partial charge in [0, 0.05) is 12.3 Å². The van der Waals surface area contributed by atoms with Crippen LogP contribution in [0, 0.1) is 5.41 Å². The minimum Gasteiger partial charge on any atom is -0.481 e. The normalized spacial score (nSPS) is 29.2. The Morgan fingerprint density at radius 1 is 1.52 bits per heavy atom. The average Bonchev–Trinajstić information content (AvgIpc) is 2.91. The fourth-order valence-electron chi connectivity index (χ4n) is 2.54. The number of carboxylic acid groups (broad SMARTS) is 1. The van der Waals surface area contributed by atoms with Crippen LogP contribution >= 0.6 is 23.5 Å². The molecule has 3 heterocycles. The Bertz CT molecular complexity index is 814. The first kappa shape index (κ1) is 18.4. The van der Waals surface area contributed by atoms with Gasteiger partial charge >= 0.3 is 5.97 Å². The van der Waals surface area contributed by atoms with E-state index in [1.54, 1.807) is 0 Å². The van der Waals surface area contributed by atoms with Crippen LogP contribution in [0.15, 0.2) is 5.16 Å². The van der Waals surface area contributed by atoms with Gasteiger partial charge in [-0.1, -0.05) is 11.8 Å². The van der Waals surface area contributed by atoms with Crippen LogP contribution in [-0.4, -0.2) is 78.1 Å². The number of carbonyl (C=O) groups excluding carboxylic acids is 1. The zero-order valence-corrected chi connectivity index (χ0v) is 15.0. The van der Waals surface area contributed by atoms with Crippen molar-refractivity contribution < 1.29 is 27.7 Å². The number of nitrogens with zero attached hydrogens (tertiary/aromatic N) is 5. The number of amides is 1. The predicted octanol–water partition coefficient (Wildman–Crippen LogP) is -1.73. The van der Waals surface area contributed by atoms with E-state index < -0.39 is 32.8 Å². The molecule has 12 nitrogen and oxygen atoms in total. The Morgan fingerprint density at radius 2 is 2.24 bits per heavy atom. The van der Waals surface area contributed by atoms with Crippen molar-refractivity contribution in [2.24, 2.45) is 11.1 Å². The summed E-state index contributed by atoms with van der Waals surface area (Å²) in [4.78, 5) is 25.0. The van der Waals surface area contributed by atoms with Gasteiger partial charge in [0.25, 0.3) is 10.1 Å². The van der Waals surface area contributed by atoms with Gasteiger partial charge in [0.2, 0.25) is 11.1 Å². The third-order valence-corrected chi connectivity index (χ3v) is 7.25. The standard InChI is InChI=1S/C10H14N6O6S3/c11-7-10(8(18)19,2-15-5(17)1-6(15)24-7)3-23-9-12-13-14-16(9)4-25(20,21)22/h6-7H,1-4,11H2,(H,18,19)(H,20,21,22)/t6-,7?,10?/m1/s1. The van der Waals surface area contributed by atoms with Crippen molar-refractivity contribution in [3.63, 3.8) is 0 Å². The van der Waals surface area contributed by atoms with Gasteiger partial charge in [-0.25, -0.2) is 4.68 Å². The summed E-state index contributed by atoms with van der Waals surface area (Å²) in [5.41, 5.74) is 4.63. The molecular weight excluding hydrogens is 396 g/mol. The number of thioether (sulfide) groups is 2. The predicted molar refractivity (Wildman–Crippen MR) is 85.8 cm³/mol. The maximum Gasteiger partial charge on any atom is 0.314 e. The summed E-state index contributed by atoms with van der Waals surface area (Å²) in [6, 6.07) is 0. The monoisotopic (exact) mass is 410 g/mol. The number of β-lactam (4-membered cyclic amide) rings is 1. The van der Waals surface area contributed by atoms with Crippen LogP contribution in [-0.2, 0) is 25.6 Å². The molecule has 2 aliphatic heterocycles. The zero-order chi connectivity index (χ0) is 18.4. The molecule has 0 spiro atoms. The van der Waals surface area contributed by atoms with Crippen LogP contribution in [0.25, 0.3) is 0 Å². The number of hydrogen-bond donors (Lipinski definition) is 3. The number of fused-ring (bicyclic) bond motifs is 1. The highest BCUT2D eigenvalue weighted by molar-refractivity contribution is 8.01. The molecule has 1 aromatic heterocycles. The maximum absolute atomic E-state index is 11.9. The largest absolute Gasteiger partial charge is 0.481 e. The highest BCUT2D eigenvalue weighted by Crippen LogP contribution is 2.46. The third kappa shape index (κ3) is 3.46.